The van der Waals surface area contributed by atoms with Crippen molar-refractivity contribution in [2.75, 3.05) is 31.7 Å². The molecule has 3 heterocycles. The zero-order chi connectivity index (χ0) is 18.3. The average molecular weight is 413 g/mol. The quantitative estimate of drug-likeness (QED) is 0.823. The zero-order valence-corrected chi connectivity index (χ0v) is 16.4. The van der Waals surface area contributed by atoms with Crippen molar-refractivity contribution in [1.29, 1.82) is 0 Å². The second kappa shape index (κ2) is 7.53. The molecule has 0 radical (unpaired) electrons. The summed E-state index contributed by atoms with van der Waals surface area (Å²) in [5.74, 6) is 1.29. The van der Waals surface area contributed by atoms with Crippen LogP contribution in [0.4, 0.5) is 0 Å². The Morgan fingerprint density at radius 2 is 2.07 bits per heavy atom. The van der Waals surface area contributed by atoms with Crippen LogP contribution in [0.15, 0.2) is 40.8 Å². The lowest BCUT2D eigenvalue weighted by Gasteiger charge is -2.36. The van der Waals surface area contributed by atoms with Crippen LogP contribution in [-0.2, 0) is 9.84 Å². The molecule has 7 nitrogen and oxygen atoms in total. The summed E-state index contributed by atoms with van der Waals surface area (Å²) in [6, 6.07) is 10.2. The maximum Gasteiger partial charge on any atom is 0.289 e. The van der Waals surface area contributed by atoms with Gasteiger partial charge in [0.2, 0.25) is 0 Å². The van der Waals surface area contributed by atoms with E-state index >= 15 is 0 Å². The van der Waals surface area contributed by atoms with Gasteiger partial charge in [0.15, 0.2) is 15.6 Å². The van der Waals surface area contributed by atoms with Crippen LogP contribution < -0.4 is 10.1 Å². The number of sulfone groups is 1. The molecular weight excluding hydrogens is 392 g/mol. The van der Waals surface area contributed by atoms with Crippen molar-refractivity contribution < 1.29 is 22.4 Å². The first kappa shape index (κ1) is 19.7. The molecule has 2 aliphatic heterocycles. The van der Waals surface area contributed by atoms with Gasteiger partial charge in [0.25, 0.3) is 5.91 Å². The molecule has 1 aromatic carbocycles. The van der Waals surface area contributed by atoms with Gasteiger partial charge in [0, 0.05) is 24.7 Å². The fourth-order valence-corrected chi connectivity index (χ4v) is 5.60. The minimum absolute atomic E-state index is 0. The molecule has 0 aliphatic carbocycles. The number of benzene rings is 1. The van der Waals surface area contributed by atoms with Gasteiger partial charge >= 0.3 is 0 Å². The number of hydrogen-bond donors (Lipinski definition) is 1. The molecule has 2 aromatic rings. The van der Waals surface area contributed by atoms with E-state index in [0.717, 1.165) is 5.56 Å². The van der Waals surface area contributed by atoms with E-state index in [4.69, 9.17) is 9.15 Å². The first-order valence-corrected chi connectivity index (χ1v) is 10.3. The fourth-order valence-electron chi connectivity index (χ4n) is 3.65. The predicted molar refractivity (Wildman–Crippen MR) is 103 cm³/mol. The van der Waals surface area contributed by atoms with E-state index in [0.29, 0.717) is 24.6 Å². The topological polar surface area (TPSA) is 88.9 Å². The number of carbonyl (C=O) groups is 1. The van der Waals surface area contributed by atoms with Crippen molar-refractivity contribution >= 4 is 28.2 Å². The second-order valence-corrected chi connectivity index (χ2v) is 8.75. The molecule has 2 atom stereocenters. The van der Waals surface area contributed by atoms with Crippen LogP contribution in [-0.4, -0.2) is 63.0 Å². The first-order valence-electron chi connectivity index (χ1n) is 8.46. The zero-order valence-electron chi connectivity index (χ0n) is 14.8. The summed E-state index contributed by atoms with van der Waals surface area (Å²) in [5, 5.41) is 3.20. The SMILES string of the molecule is COc1cccc(-c2ccc(C(=O)N3CCN[C@@H]4CS(=O)(=O)C[C@@H]43)o2)c1.Cl. The lowest BCUT2D eigenvalue weighted by Crippen LogP contribution is -2.59. The van der Waals surface area contributed by atoms with E-state index in [2.05, 4.69) is 5.32 Å². The van der Waals surface area contributed by atoms with Crippen LogP contribution in [0.5, 0.6) is 5.75 Å². The van der Waals surface area contributed by atoms with E-state index in [1.165, 1.54) is 0 Å². The molecule has 146 valence electrons. The van der Waals surface area contributed by atoms with Gasteiger partial charge in [-0.1, -0.05) is 12.1 Å². The van der Waals surface area contributed by atoms with Gasteiger partial charge in [-0.25, -0.2) is 8.42 Å². The van der Waals surface area contributed by atoms with Crippen molar-refractivity contribution in [1.82, 2.24) is 10.2 Å². The van der Waals surface area contributed by atoms with Crippen LogP contribution in [0.3, 0.4) is 0 Å². The number of amides is 1. The molecule has 9 heteroatoms. The lowest BCUT2D eigenvalue weighted by atomic mass is 10.1. The summed E-state index contributed by atoms with van der Waals surface area (Å²) in [6.07, 6.45) is 0. The Bertz CT molecular complexity index is 943. The highest BCUT2D eigenvalue weighted by molar-refractivity contribution is 7.91. The molecule has 0 spiro atoms. The van der Waals surface area contributed by atoms with Crippen LogP contribution in [0, 0.1) is 0 Å². The Labute approximate surface area is 164 Å². The Hall–Kier alpha value is -2.03. The Balaban J connectivity index is 0.00000210. The number of methoxy groups -OCH3 is 1. The molecule has 0 bridgehead atoms. The van der Waals surface area contributed by atoms with E-state index in [-0.39, 0.29) is 47.7 Å². The first-order chi connectivity index (χ1) is 12.5. The van der Waals surface area contributed by atoms with Crippen molar-refractivity contribution in [2.45, 2.75) is 12.1 Å². The lowest BCUT2D eigenvalue weighted by molar-refractivity contribution is 0.0590. The number of fused-ring (bicyclic) bond motifs is 1. The van der Waals surface area contributed by atoms with Gasteiger partial charge in [0.05, 0.1) is 24.7 Å². The van der Waals surface area contributed by atoms with Gasteiger partial charge in [-0.3, -0.25) is 4.79 Å². The minimum atomic E-state index is -3.12. The number of furan rings is 1. The summed E-state index contributed by atoms with van der Waals surface area (Å²) in [5.41, 5.74) is 0.810. The number of carbonyl (C=O) groups excluding carboxylic acids is 1. The molecule has 1 aromatic heterocycles. The van der Waals surface area contributed by atoms with Crippen molar-refractivity contribution in [3.05, 3.63) is 42.2 Å². The molecule has 0 unspecified atom stereocenters. The summed E-state index contributed by atoms with van der Waals surface area (Å²) < 4.78 is 34.9. The Morgan fingerprint density at radius 3 is 2.85 bits per heavy atom. The van der Waals surface area contributed by atoms with Crippen LogP contribution in [0.2, 0.25) is 0 Å². The molecule has 2 fully saturated rings. The molecule has 1 N–H and O–H groups in total. The fraction of sp³-hybridized carbons (Fsp3) is 0.389. The number of ether oxygens (including phenoxy) is 1. The molecule has 2 aliphatic rings. The number of piperazine rings is 1. The van der Waals surface area contributed by atoms with Gasteiger partial charge in [-0.15, -0.1) is 12.4 Å². The van der Waals surface area contributed by atoms with Gasteiger partial charge in [0.1, 0.15) is 11.5 Å². The second-order valence-electron chi connectivity index (χ2n) is 6.60. The van der Waals surface area contributed by atoms with Gasteiger partial charge in [-0.05, 0) is 24.3 Å². The third-order valence-electron chi connectivity index (χ3n) is 4.91. The van der Waals surface area contributed by atoms with Crippen LogP contribution in [0.25, 0.3) is 11.3 Å². The van der Waals surface area contributed by atoms with E-state index in [9.17, 15) is 13.2 Å². The van der Waals surface area contributed by atoms with E-state index in [1.54, 1.807) is 24.1 Å². The monoisotopic (exact) mass is 412 g/mol. The van der Waals surface area contributed by atoms with E-state index < -0.39 is 9.84 Å². The standard InChI is InChI=1S/C18H20N2O5S.ClH/c1-24-13-4-2-3-12(9-13)16-5-6-17(25-16)18(21)20-8-7-19-14-10-26(22,23)11-15(14)20;/h2-6,9,14-15,19H,7-8,10-11H2,1H3;1H/t14-,15+;/m1./s1. The molecule has 4 rings (SSSR count). The number of rotatable bonds is 3. The van der Waals surface area contributed by atoms with Gasteiger partial charge < -0.3 is 19.4 Å². The normalized spacial score (nSPS) is 23.4. The maximum absolute atomic E-state index is 12.9. The predicted octanol–water partition coefficient (Wildman–Crippen LogP) is 1.59. The third kappa shape index (κ3) is 3.83. The highest BCUT2D eigenvalue weighted by Gasteiger charge is 2.45. The minimum Gasteiger partial charge on any atom is -0.497 e. The highest BCUT2D eigenvalue weighted by Crippen LogP contribution is 2.28. The molecular formula is C18H21ClN2O5S. The van der Waals surface area contributed by atoms with E-state index in [1.807, 2.05) is 24.3 Å². The smallest absolute Gasteiger partial charge is 0.289 e. The Morgan fingerprint density at radius 1 is 1.26 bits per heavy atom. The summed E-state index contributed by atoms with van der Waals surface area (Å²) in [4.78, 5) is 14.5. The summed E-state index contributed by atoms with van der Waals surface area (Å²) >= 11 is 0. The summed E-state index contributed by atoms with van der Waals surface area (Å²) in [6.45, 7) is 1.04. The number of halogens is 1. The van der Waals surface area contributed by atoms with Gasteiger partial charge in [-0.2, -0.15) is 0 Å². The van der Waals surface area contributed by atoms with Crippen molar-refractivity contribution in [3.63, 3.8) is 0 Å². The third-order valence-corrected chi connectivity index (χ3v) is 6.63. The molecule has 2 saturated heterocycles. The van der Waals surface area contributed by atoms with Crippen molar-refractivity contribution in [2.24, 2.45) is 0 Å². The highest BCUT2D eigenvalue weighted by atomic mass is 35.5. The van der Waals surface area contributed by atoms with Crippen molar-refractivity contribution in [3.8, 4) is 17.1 Å². The number of nitrogens with zero attached hydrogens (tertiary/aromatic N) is 1. The van der Waals surface area contributed by atoms with Crippen LogP contribution >= 0.6 is 12.4 Å². The largest absolute Gasteiger partial charge is 0.497 e. The van der Waals surface area contributed by atoms with Crippen LogP contribution in [0.1, 0.15) is 10.6 Å². The molecule has 0 saturated carbocycles. The molecule has 1 amide bonds. The summed E-state index contributed by atoms with van der Waals surface area (Å²) in [7, 11) is -1.53. The average Bonchev–Trinajstić information content (AvgIpc) is 3.23. The number of hydrogen-bond acceptors (Lipinski definition) is 6. The number of nitrogens with one attached hydrogen (secondary N) is 1. The maximum atomic E-state index is 12.9. The Kier molecular flexibility index (Phi) is 5.50. The molecule has 27 heavy (non-hydrogen) atoms.